The van der Waals surface area contributed by atoms with Gasteiger partial charge in [0.1, 0.15) is 0 Å². The van der Waals surface area contributed by atoms with E-state index in [1.165, 1.54) is 16.2 Å². The molecular weight excluding hydrogens is 250 g/mol. The highest BCUT2D eigenvalue weighted by Crippen LogP contribution is 2.36. The van der Waals surface area contributed by atoms with Gasteiger partial charge in [-0.3, -0.25) is 0 Å². The number of nitrogens with two attached hydrogens (primary N) is 1. The van der Waals surface area contributed by atoms with Crippen molar-refractivity contribution in [3.63, 3.8) is 0 Å². The summed E-state index contributed by atoms with van der Waals surface area (Å²) in [6, 6.07) is 0. The molecule has 0 aromatic carbocycles. The number of hydrogen-bond acceptors (Lipinski definition) is 5. The summed E-state index contributed by atoms with van der Waals surface area (Å²) in [6.45, 7) is 8.68. The van der Waals surface area contributed by atoms with Gasteiger partial charge in [-0.15, -0.1) is 22.7 Å². The largest absolute Gasteiger partial charge is 0.375 e. The number of hydrogen-bond donors (Lipinski definition) is 1. The Labute approximate surface area is 110 Å². The van der Waals surface area contributed by atoms with Crippen molar-refractivity contribution in [3.05, 3.63) is 16.1 Å². The van der Waals surface area contributed by atoms with Crippen LogP contribution < -0.4 is 5.73 Å². The highest BCUT2D eigenvalue weighted by atomic mass is 32.1. The molecule has 0 fully saturated rings. The lowest BCUT2D eigenvalue weighted by Gasteiger charge is -2.13. The van der Waals surface area contributed by atoms with Crippen molar-refractivity contribution >= 4 is 27.8 Å². The topological polar surface area (TPSA) is 51.8 Å². The standard InChI is InChI=1S/C12H17N3S2/c1-5-7-9(8-6-16-11(13)15-8)17-10(14-7)12(2,3)4/h6H,5H2,1-4H3,(H2,13,15). The number of aromatic nitrogens is 2. The Kier molecular flexibility index (Phi) is 3.23. The van der Waals surface area contributed by atoms with Crippen LogP contribution in [-0.2, 0) is 11.8 Å². The Balaban J connectivity index is 2.50. The van der Waals surface area contributed by atoms with E-state index in [4.69, 9.17) is 10.7 Å². The molecular formula is C12H17N3S2. The second kappa shape index (κ2) is 4.38. The molecule has 0 atom stereocenters. The molecule has 2 aromatic heterocycles. The molecule has 0 spiro atoms. The molecule has 0 saturated carbocycles. The van der Waals surface area contributed by atoms with Gasteiger partial charge in [-0.25, -0.2) is 9.97 Å². The van der Waals surface area contributed by atoms with E-state index in [1.807, 2.05) is 5.38 Å². The summed E-state index contributed by atoms with van der Waals surface area (Å²) in [4.78, 5) is 10.3. The average Bonchev–Trinajstić information content (AvgIpc) is 2.81. The molecule has 92 valence electrons. The Hall–Kier alpha value is -0.940. The molecule has 0 saturated heterocycles. The van der Waals surface area contributed by atoms with Gasteiger partial charge in [0, 0.05) is 10.8 Å². The van der Waals surface area contributed by atoms with Crippen molar-refractivity contribution in [2.24, 2.45) is 0 Å². The molecule has 17 heavy (non-hydrogen) atoms. The van der Waals surface area contributed by atoms with Crippen molar-refractivity contribution in [3.8, 4) is 10.6 Å². The molecule has 0 unspecified atom stereocenters. The van der Waals surface area contributed by atoms with E-state index in [0.29, 0.717) is 5.13 Å². The van der Waals surface area contributed by atoms with Crippen LogP contribution in [0, 0.1) is 0 Å². The molecule has 0 aliphatic heterocycles. The van der Waals surface area contributed by atoms with Crippen LogP contribution >= 0.6 is 22.7 Å². The summed E-state index contributed by atoms with van der Waals surface area (Å²) < 4.78 is 0. The Morgan fingerprint density at radius 3 is 2.47 bits per heavy atom. The number of anilines is 1. The molecule has 0 aliphatic carbocycles. The number of thiazole rings is 2. The van der Waals surface area contributed by atoms with E-state index < -0.39 is 0 Å². The highest BCUT2D eigenvalue weighted by Gasteiger charge is 2.22. The fraction of sp³-hybridized carbons (Fsp3) is 0.500. The minimum Gasteiger partial charge on any atom is -0.375 e. The fourth-order valence-corrected chi connectivity index (χ4v) is 3.31. The minimum atomic E-state index is 0.0917. The van der Waals surface area contributed by atoms with E-state index >= 15 is 0 Å². The zero-order chi connectivity index (χ0) is 12.6. The SMILES string of the molecule is CCc1nc(C(C)(C)C)sc1-c1csc(N)n1. The lowest BCUT2D eigenvalue weighted by atomic mass is 9.98. The zero-order valence-electron chi connectivity index (χ0n) is 10.6. The molecule has 3 nitrogen and oxygen atoms in total. The minimum absolute atomic E-state index is 0.0917. The third-order valence-corrected chi connectivity index (χ3v) is 4.65. The van der Waals surface area contributed by atoms with Crippen molar-refractivity contribution < 1.29 is 0 Å². The first kappa shape index (κ1) is 12.5. The molecule has 2 N–H and O–H groups in total. The normalized spacial score (nSPS) is 12.0. The average molecular weight is 267 g/mol. The van der Waals surface area contributed by atoms with Gasteiger partial charge in [-0.05, 0) is 6.42 Å². The van der Waals surface area contributed by atoms with Gasteiger partial charge in [-0.2, -0.15) is 0 Å². The van der Waals surface area contributed by atoms with Crippen LogP contribution in [0.4, 0.5) is 5.13 Å². The number of nitrogen functional groups attached to an aromatic ring is 1. The quantitative estimate of drug-likeness (QED) is 0.902. The summed E-state index contributed by atoms with van der Waals surface area (Å²) >= 11 is 3.22. The van der Waals surface area contributed by atoms with Gasteiger partial charge in [0.2, 0.25) is 0 Å². The molecule has 2 aromatic rings. The molecule has 5 heteroatoms. The van der Waals surface area contributed by atoms with Gasteiger partial charge in [0.15, 0.2) is 5.13 Å². The monoisotopic (exact) mass is 267 g/mol. The summed E-state index contributed by atoms with van der Waals surface area (Å²) in [5, 5.41) is 3.79. The van der Waals surface area contributed by atoms with Gasteiger partial charge in [0.05, 0.1) is 21.3 Å². The third kappa shape index (κ3) is 2.50. The van der Waals surface area contributed by atoms with E-state index in [1.54, 1.807) is 11.3 Å². The first-order chi connectivity index (χ1) is 7.91. The van der Waals surface area contributed by atoms with Crippen LogP contribution in [0.5, 0.6) is 0 Å². The van der Waals surface area contributed by atoms with Crippen LogP contribution in [0.1, 0.15) is 38.4 Å². The molecule has 2 rings (SSSR count). The first-order valence-electron chi connectivity index (χ1n) is 5.63. The molecule has 0 amide bonds. The van der Waals surface area contributed by atoms with Crippen LogP contribution in [-0.4, -0.2) is 9.97 Å². The molecule has 2 heterocycles. The summed E-state index contributed by atoms with van der Waals surface area (Å²) in [6.07, 6.45) is 0.930. The Morgan fingerprint density at radius 2 is 2.00 bits per heavy atom. The molecule has 0 bridgehead atoms. The van der Waals surface area contributed by atoms with Crippen LogP contribution in [0.25, 0.3) is 10.6 Å². The van der Waals surface area contributed by atoms with E-state index in [2.05, 4.69) is 32.7 Å². The highest BCUT2D eigenvalue weighted by molar-refractivity contribution is 7.16. The molecule has 0 radical (unpaired) electrons. The number of aryl methyl sites for hydroxylation is 1. The lowest BCUT2D eigenvalue weighted by Crippen LogP contribution is -2.10. The van der Waals surface area contributed by atoms with Gasteiger partial charge in [0.25, 0.3) is 0 Å². The smallest absolute Gasteiger partial charge is 0.180 e. The predicted molar refractivity (Wildman–Crippen MR) is 75.7 cm³/mol. The van der Waals surface area contributed by atoms with Crippen molar-refractivity contribution in [2.75, 3.05) is 5.73 Å². The van der Waals surface area contributed by atoms with Crippen molar-refractivity contribution in [1.82, 2.24) is 9.97 Å². The summed E-state index contributed by atoms with van der Waals surface area (Å²) in [5.74, 6) is 0. The second-order valence-corrected chi connectivity index (χ2v) is 6.86. The maximum absolute atomic E-state index is 5.69. The Morgan fingerprint density at radius 1 is 1.29 bits per heavy atom. The maximum atomic E-state index is 5.69. The number of nitrogens with zero attached hydrogens (tertiary/aromatic N) is 2. The van der Waals surface area contributed by atoms with Crippen LogP contribution in [0.2, 0.25) is 0 Å². The zero-order valence-corrected chi connectivity index (χ0v) is 12.2. The number of rotatable bonds is 2. The van der Waals surface area contributed by atoms with Crippen LogP contribution in [0.15, 0.2) is 5.38 Å². The van der Waals surface area contributed by atoms with E-state index in [9.17, 15) is 0 Å². The van der Waals surface area contributed by atoms with E-state index in [-0.39, 0.29) is 5.41 Å². The predicted octanol–water partition coefficient (Wildman–Crippen LogP) is 3.71. The second-order valence-electron chi connectivity index (χ2n) is 4.97. The summed E-state index contributed by atoms with van der Waals surface area (Å²) in [5.41, 5.74) is 7.88. The van der Waals surface area contributed by atoms with Gasteiger partial charge in [-0.1, -0.05) is 27.7 Å². The van der Waals surface area contributed by atoms with Gasteiger partial charge >= 0.3 is 0 Å². The lowest BCUT2D eigenvalue weighted by molar-refractivity contribution is 0.583. The van der Waals surface area contributed by atoms with Crippen molar-refractivity contribution in [1.29, 1.82) is 0 Å². The third-order valence-electron chi connectivity index (χ3n) is 2.43. The van der Waals surface area contributed by atoms with E-state index in [0.717, 1.165) is 22.8 Å². The first-order valence-corrected chi connectivity index (χ1v) is 7.33. The Bertz CT molecular complexity index is 520. The summed E-state index contributed by atoms with van der Waals surface area (Å²) in [7, 11) is 0. The fourth-order valence-electron chi connectivity index (χ4n) is 1.50. The van der Waals surface area contributed by atoms with Crippen molar-refractivity contribution in [2.45, 2.75) is 39.5 Å². The van der Waals surface area contributed by atoms with Gasteiger partial charge < -0.3 is 5.73 Å². The van der Waals surface area contributed by atoms with Crippen LogP contribution in [0.3, 0.4) is 0 Å². The maximum Gasteiger partial charge on any atom is 0.180 e. The molecule has 0 aliphatic rings.